The number of para-hydroxylation sites is 1. The summed E-state index contributed by atoms with van der Waals surface area (Å²) >= 11 is 0. The van der Waals surface area contributed by atoms with Gasteiger partial charge >= 0.3 is 0 Å². The number of carbonyl (C=O) groups excluding carboxylic acids is 1. The summed E-state index contributed by atoms with van der Waals surface area (Å²) in [4.78, 5) is 15.8. The lowest BCUT2D eigenvalue weighted by Gasteiger charge is -2.06. The largest absolute Gasteiger partial charge is 0.457 e. The molecule has 0 aliphatic rings. The van der Waals surface area contributed by atoms with Gasteiger partial charge in [0.1, 0.15) is 17.8 Å². The van der Waals surface area contributed by atoms with E-state index in [2.05, 4.69) is 20.5 Å². The number of hydrogen-bond acceptors (Lipinski definition) is 4. The molecule has 0 bridgehead atoms. The fourth-order valence-corrected chi connectivity index (χ4v) is 1.74. The summed E-state index contributed by atoms with van der Waals surface area (Å²) in [6, 6.07) is 16.3. The second-order valence-electron chi connectivity index (χ2n) is 4.23. The predicted molar refractivity (Wildman–Crippen MR) is 77.3 cm³/mol. The lowest BCUT2D eigenvalue weighted by atomic mass is 10.2. The molecule has 0 aliphatic heterocycles. The van der Waals surface area contributed by atoms with Crippen LogP contribution in [0, 0.1) is 0 Å². The minimum absolute atomic E-state index is 0.266. The summed E-state index contributed by atoms with van der Waals surface area (Å²) in [6.07, 6.45) is 1.33. The minimum atomic E-state index is -0.266. The molecule has 0 saturated carbocycles. The third-order valence-corrected chi connectivity index (χ3v) is 2.74. The van der Waals surface area contributed by atoms with Crippen LogP contribution in [0.3, 0.4) is 0 Å². The third-order valence-electron chi connectivity index (χ3n) is 2.74. The second-order valence-corrected chi connectivity index (χ2v) is 4.23. The van der Waals surface area contributed by atoms with Crippen LogP contribution in [-0.4, -0.2) is 21.1 Å². The van der Waals surface area contributed by atoms with Crippen molar-refractivity contribution in [1.29, 1.82) is 0 Å². The number of aromatic nitrogens is 3. The van der Waals surface area contributed by atoms with Crippen molar-refractivity contribution in [3.63, 3.8) is 0 Å². The van der Waals surface area contributed by atoms with Crippen LogP contribution in [0.4, 0.5) is 5.95 Å². The van der Waals surface area contributed by atoms with Crippen molar-refractivity contribution in [3.8, 4) is 11.5 Å². The predicted octanol–water partition coefficient (Wildman–Crippen LogP) is 2.85. The van der Waals surface area contributed by atoms with Gasteiger partial charge in [-0.3, -0.25) is 10.1 Å². The first-order valence-electron chi connectivity index (χ1n) is 6.31. The third kappa shape index (κ3) is 3.24. The Morgan fingerprint density at radius 3 is 2.38 bits per heavy atom. The van der Waals surface area contributed by atoms with E-state index in [4.69, 9.17) is 4.74 Å². The van der Waals surface area contributed by atoms with Gasteiger partial charge in [0.25, 0.3) is 5.91 Å². The maximum atomic E-state index is 11.9. The summed E-state index contributed by atoms with van der Waals surface area (Å²) < 4.78 is 5.66. The molecule has 1 heterocycles. The molecular formula is C15H12N4O2. The van der Waals surface area contributed by atoms with Gasteiger partial charge in [-0.15, -0.1) is 0 Å². The summed E-state index contributed by atoms with van der Waals surface area (Å²) in [5.41, 5.74) is 0.506. The first kappa shape index (κ1) is 12.9. The average molecular weight is 280 g/mol. The van der Waals surface area contributed by atoms with E-state index in [1.807, 2.05) is 30.3 Å². The van der Waals surface area contributed by atoms with Crippen LogP contribution in [0.25, 0.3) is 0 Å². The summed E-state index contributed by atoms with van der Waals surface area (Å²) in [5.74, 6) is 1.45. The Balaban J connectivity index is 1.68. The fourth-order valence-electron chi connectivity index (χ4n) is 1.74. The van der Waals surface area contributed by atoms with Crippen LogP contribution >= 0.6 is 0 Å². The highest BCUT2D eigenvalue weighted by molar-refractivity contribution is 6.03. The van der Waals surface area contributed by atoms with Crippen molar-refractivity contribution in [2.45, 2.75) is 0 Å². The Morgan fingerprint density at radius 2 is 1.71 bits per heavy atom. The topological polar surface area (TPSA) is 79.9 Å². The van der Waals surface area contributed by atoms with E-state index in [9.17, 15) is 4.79 Å². The number of aromatic amines is 1. The van der Waals surface area contributed by atoms with Crippen LogP contribution in [-0.2, 0) is 0 Å². The number of benzene rings is 2. The molecule has 1 amide bonds. The molecule has 21 heavy (non-hydrogen) atoms. The van der Waals surface area contributed by atoms with Gasteiger partial charge < -0.3 is 4.74 Å². The Morgan fingerprint density at radius 1 is 1.00 bits per heavy atom. The Hall–Kier alpha value is -3.15. The van der Waals surface area contributed by atoms with Gasteiger partial charge in [0.2, 0.25) is 5.95 Å². The number of nitrogens with one attached hydrogen (secondary N) is 2. The van der Waals surface area contributed by atoms with E-state index >= 15 is 0 Å². The van der Waals surface area contributed by atoms with Crippen molar-refractivity contribution in [1.82, 2.24) is 15.2 Å². The van der Waals surface area contributed by atoms with Crippen molar-refractivity contribution in [3.05, 3.63) is 66.5 Å². The summed E-state index contributed by atoms with van der Waals surface area (Å²) in [7, 11) is 0. The van der Waals surface area contributed by atoms with Crippen molar-refractivity contribution in [2.75, 3.05) is 5.32 Å². The van der Waals surface area contributed by atoms with E-state index in [0.717, 1.165) is 5.75 Å². The van der Waals surface area contributed by atoms with Crippen LogP contribution in [0.5, 0.6) is 11.5 Å². The number of rotatable bonds is 4. The summed E-state index contributed by atoms with van der Waals surface area (Å²) in [5, 5.41) is 8.82. The number of amides is 1. The van der Waals surface area contributed by atoms with E-state index in [1.54, 1.807) is 24.3 Å². The average Bonchev–Trinajstić information content (AvgIpc) is 3.02. The molecule has 0 saturated heterocycles. The molecule has 104 valence electrons. The van der Waals surface area contributed by atoms with Gasteiger partial charge in [0, 0.05) is 5.56 Å². The molecule has 0 spiro atoms. The summed E-state index contributed by atoms with van der Waals surface area (Å²) in [6.45, 7) is 0. The molecule has 2 aromatic carbocycles. The molecule has 0 unspecified atom stereocenters. The van der Waals surface area contributed by atoms with Gasteiger partial charge in [-0.1, -0.05) is 18.2 Å². The SMILES string of the molecule is O=C(Nc1ncn[nH]1)c1ccc(Oc2ccccc2)cc1. The Kier molecular flexibility index (Phi) is 3.60. The standard InChI is InChI=1S/C15H12N4O2/c20-14(18-15-16-10-17-19-15)11-6-8-13(9-7-11)21-12-4-2-1-3-5-12/h1-10H,(H2,16,17,18,19,20). The minimum Gasteiger partial charge on any atom is -0.457 e. The van der Waals surface area contributed by atoms with Gasteiger partial charge in [-0.05, 0) is 36.4 Å². The van der Waals surface area contributed by atoms with E-state index in [0.29, 0.717) is 17.3 Å². The molecule has 0 aliphatic carbocycles. The van der Waals surface area contributed by atoms with E-state index in [1.165, 1.54) is 6.33 Å². The van der Waals surface area contributed by atoms with Gasteiger partial charge in [0.05, 0.1) is 0 Å². The maximum Gasteiger partial charge on any atom is 0.258 e. The second kappa shape index (κ2) is 5.87. The van der Waals surface area contributed by atoms with E-state index in [-0.39, 0.29) is 5.91 Å². The molecule has 1 aromatic heterocycles. The molecular weight excluding hydrogens is 268 g/mol. The van der Waals surface area contributed by atoms with Gasteiger partial charge in [-0.25, -0.2) is 5.10 Å². The first-order valence-corrected chi connectivity index (χ1v) is 6.31. The monoisotopic (exact) mass is 280 g/mol. The molecule has 3 rings (SSSR count). The number of ether oxygens (including phenoxy) is 1. The fraction of sp³-hybridized carbons (Fsp3) is 0. The molecule has 2 N–H and O–H groups in total. The Labute approximate surface area is 120 Å². The van der Waals surface area contributed by atoms with Crippen LogP contribution < -0.4 is 10.1 Å². The van der Waals surface area contributed by atoms with Crippen molar-refractivity contribution < 1.29 is 9.53 Å². The zero-order valence-electron chi connectivity index (χ0n) is 11.0. The smallest absolute Gasteiger partial charge is 0.258 e. The molecule has 0 radical (unpaired) electrons. The normalized spacial score (nSPS) is 10.1. The lowest BCUT2D eigenvalue weighted by molar-refractivity contribution is 0.102. The molecule has 0 atom stereocenters. The highest BCUT2D eigenvalue weighted by Crippen LogP contribution is 2.21. The van der Waals surface area contributed by atoms with Crippen molar-refractivity contribution >= 4 is 11.9 Å². The van der Waals surface area contributed by atoms with Gasteiger partial charge in [-0.2, -0.15) is 10.1 Å². The molecule has 0 fully saturated rings. The highest BCUT2D eigenvalue weighted by Gasteiger charge is 2.07. The zero-order valence-corrected chi connectivity index (χ0v) is 11.0. The van der Waals surface area contributed by atoms with E-state index < -0.39 is 0 Å². The maximum absolute atomic E-state index is 11.9. The number of H-pyrrole nitrogens is 1. The van der Waals surface area contributed by atoms with Gasteiger partial charge in [0.15, 0.2) is 0 Å². The van der Waals surface area contributed by atoms with Crippen LogP contribution in [0.2, 0.25) is 0 Å². The molecule has 6 heteroatoms. The number of anilines is 1. The molecule has 6 nitrogen and oxygen atoms in total. The Bertz CT molecular complexity index is 709. The number of nitrogens with zero attached hydrogens (tertiary/aromatic N) is 2. The quantitative estimate of drug-likeness (QED) is 0.770. The van der Waals surface area contributed by atoms with Crippen LogP contribution in [0.1, 0.15) is 10.4 Å². The zero-order chi connectivity index (χ0) is 14.5. The lowest BCUT2D eigenvalue weighted by Crippen LogP contribution is -2.12. The van der Waals surface area contributed by atoms with Crippen LogP contribution in [0.15, 0.2) is 60.9 Å². The van der Waals surface area contributed by atoms with Crippen molar-refractivity contribution in [2.24, 2.45) is 0 Å². The number of hydrogen-bond donors (Lipinski definition) is 2. The molecule has 3 aromatic rings. The highest BCUT2D eigenvalue weighted by atomic mass is 16.5. The first-order chi connectivity index (χ1) is 10.3. The number of carbonyl (C=O) groups is 1.